The van der Waals surface area contributed by atoms with Crippen molar-refractivity contribution in [3.05, 3.63) is 52.8 Å². The van der Waals surface area contributed by atoms with Gasteiger partial charge in [0, 0.05) is 31.7 Å². The molecule has 24 heavy (non-hydrogen) atoms. The summed E-state index contributed by atoms with van der Waals surface area (Å²) >= 11 is 0. The Kier molecular flexibility index (Phi) is 4.52. The number of aromatic nitrogens is 2. The number of carbonyl (C=O) groups is 2. The lowest BCUT2D eigenvalue weighted by atomic mass is 9.99. The summed E-state index contributed by atoms with van der Waals surface area (Å²) in [4.78, 5) is 26.5. The number of aryl methyl sites for hydroxylation is 1. The summed E-state index contributed by atoms with van der Waals surface area (Å²) in [7, 11) is 0. The molecule has 1 saturated heterocycles. The number of hydrogen-bond acceptors (Lipinski definition) is 6. The summed E-state index contributed by atoms with van der Waals surface area (Å²) in [5, 5.41) is 20.5. The van der Waals surface area contributed by atoms with E-state index in [1.165, 1.54) is 0 Å². The number of aromatic carboxylic acids is 1. The van der Waals surface area contributed by atoms with Crippen LogP contribution in [-0.4, -0.2) is 53.2 Å². The van der Waals surface area contributed by atoms with Crippen LogP contribution in [0.1, 0.15) is 32.1 Å². The summed E-state index contributed by atoms with van der Waals surface area (Å²) in [5.41, 5.74) is 1.44. The number of anilines is 1. The Balaban J connectivity index is 2.18. The molecule has 0 atom stereocenters. The second kappa shape index (κ2) is 6.76. The normalized spacial score (nSPS) is 14.5. The van der Waals surface area contributed by atoms with Crippen molar-refractivity contribution in [2.75, 3.05) is 31.1 Å². The zero-order chi connectivity index (χ0) is 17.1. The van der Waals surface area contributed by atoms with E-state index in [1.54, 1.807) is 31.2 Å². The van der Waals surface area contributed by atoms with Gasteiger partial charge in [-0.05, 0) is 6.92 Å². The van der Waals surface area contributed by atoms with Crippen LogP contribution in [0.25, 0.3) is 0 Å². The summed E-state index contributed by atoms with van der Waals surface area (Å²) < 4.78 is 0. The zero-order valence-electron chi connectivity index (χ0n) is 13.3. The van der Waals surface area contributed by atoms with Crippen LogP contribution in [0, 0.1) is 6.92 Å². The minimum absolute atomic E-state index is 0.179. The fourth-order valence-electron chi connectivity index (χ4n) is 2.86. The summed E-state index contributed by atoms with van der Waals surface area (Å²) in [6.45, 7) is 4.35. The van der Waals surface area contributed by atoms with Crippen molar-refractivity contribution in [2.45, 2.75) is 6.92 Å². The largest absolute Gasteiger partial charge is 0.476 e. The predicted molar refractivity (Wildman–Crippen MR) is 88.7 cm³/mol. The molecule has 0 radical (unpaired) electrons. The summed E-state index contributed by atoms with van der Waals surface area (Å²) in [6.07, 6.45) is 0. The van der Waals surface area contributed by atoms with Crippen LogP contribution >= 0.6 is 0 Å². The van der Waals surface area contributed by atoms with Gasteiger partial charge in [0.25, 0.3) is 0 Å². The quantitative estimate of drug-likeness (QED) is 0.813. The van der Waals surface area contributed by atoms with E-state index in [0.717, 1.165) is 13.1 Å². The van der Waals surface area contributed by atoms with Gasteiger partial charge in [0.1, 0.15) is 0 Å². The average Bonchev–Trinajstić information content (AvgIpc) is 2.62. The van der Waals surface area contributed by atoms with Crippen molar-refractivity contribution in [2.24, 2.45) is 0 Å². The number of carboxylic acid groups (broad SMARTS) is 1. The van der Waals surface area contributed by atoms with Crippen molar-refractivity contribution in [1.29, 1.82) is 0 Å². The lowest BCUT2D eigenvalue weighted by Crippen LogP contribution is -2.45. The average molecular weight is 326 g/mol. The number of benzene rings is 1. The molecule has 2 N–H and O–H groups in total. The highest BCUT2D eigenvalue weighted by Gasteiger charge is 2.29. The number of nitrogens with zero attached hydrogens (tertiary/aromatic N) is 3. The molecule has 7 heteroatoms. The Morgan fingerprint density at radius 2 is 1.79 bits per heavy atom. The molecular formula is C17H18N4O3. The Bertz CT molecular complexity index is 771. The van der Waals surface area contributed by atoms with Crippen LogP contribution in [-0.2, 0) is 0 Å². The monoisotopic (exact) mass is 326 g/mol. The lowest BCUT2D eigenvalue weighted by molar-refractivity contribution is 0.0689. The van der Waals surface area contributed by atoms with Gasteiger partial charge in [-0.15, -0.1) is 5.10 Å². The Morgan fingerprint density at radius 3 is 2.42 bits per heavy atom. The fraction of sp³-hybridized carbons (Fsp3) is 0.294. The molecule has 0 amide bonds. The molecule has 2 heterocycles. The molecule has 1 aromatic heterocycles. The molecule has 0 saturated carbocycles. The SMILES string of the molecule is Cc1nnc(C(=O)O)c(N2CCNCC2)c1C(=O)c1ccccc1. The maximum absolute atomic E-state index is 13.0. The second-order valence-corrected chi connectivity index (χ2v) is 5.59. The highest BCUT2D eigenvalue weighted by molar-refractivity contribution is 6.15. The molecule has 0 bridgehead atoms. The van der Waals surface area contributed by atoms with E-state index in [2.05, 4.69) is 15.5 Å². The Morgan fingerprint density at radius 1 is 1.12 bits per heavy atom. The number of ketones is 1. The maximum Gasteiger partial charge on any atom is 0.358 e. The molecule has 0 aliphatic carbocycles. The number of carbonyl (C=O) groups excluding carboxylic acids is 1. The van der Waals surface area contributed by atoms with Crippen LogP contribution in [0.2, 0.25) is 0 Å². The number of nitrogens with one attached hydrogen (secondary N) is 1. The molecule has 1 aromatic carbocycles. The van der Waals surface area contributed by atoms with Gasteiger partial charge in [-0.25, -0.2) is 4.79 Å². The van der Waals surface area contributed by atoms with Gasteiger partial charge in [-0.1, -0.05) is 30.3 Å². The van der Waals surface area contributed by atoms with Crippen LogP contribution in [0.15, 0.2) is 30.3 Å². The van der Waals surface area contributed by atoms with E-state index in [-0.39, 0.29) is 11.5 Å². The lowest BCUT2D eigenvalue weighted by Gasteiger charge is -2.31. The fourth-order valence-corrected chi connectivity index (χ4v) is 2.86. The van der Waals surface area contributed by atoms with E-state index in [9.17, 15) is 14.7 Å². The summed E-state index contributed by atoms with van der Waals surface area (Å²) in [5.74, 6) is -1.42. The first-order valence-electron chi connectivity index (χ1n) is 7.75. The number of rotatable bonds is 4. The molecule has 3 rings (SSSR count). The molecule has 0 unspecified atom stereocenters. The first-order valence-corrected chi connectivity index (χ1v) is 7.75. The zero-order valence-corrected chi connectivity index (χ0v) is 13.3. The Labute approximate surface area is 139 Å². The van der Waals surface area contributed by atoms with Crippen LogP contribution < -0.4 is 10.2 Å². The third kappa shape index (κ3) is 2.98. The number of carboxylic acids is 1. The van der Waals surface area contributed by atoms with E-state index in [4.69, 9.17) is 0 Å². The molecular weight excluding hydrogens is 308 g/mol. The van der Waals surface area contributed by atoms with Crippen LogP contribution in [0.3, 0.4) is 0 Å². The van der Waals surface area contributed by atoms with Gasteiger partial charge in [0.05, 0.1) is 16.9 Å². The smallest absolute Gasteiger partial charge is 0.358 e. The highest BCUT2D eigenvalue weighted by atomic mass is 16.4. The minimum Gasteiger partial charge on any atom is -0.476 e. The van der Waals surface area contributed by atoms with E-state index in [1.807, 2.05) is 11.0 Å². The van der Waals surface area contributed by atoms with Crippen molar-refractivity contribution < 1.29 is 14.7 Å². The van der Waals surface area contributed by atoms with Crippen LogP contribution in [0.5, 0.6) is 0 Å². The molecule has 1 aliphatic rings. The van der Waals surface area contributed by atoms with Crippen molar-refractivity contribution in [3.63, 3.8) is 0 Å². The van der Waals surface area contributed by atoms with E-state index >= 15 is 0 Å². The van der Waals surface area contributed by atoms with Crippen molar-refractivity contribution >= 4 is 17.4 Å². The van der Waals surface area contributed by atoms with Crippen LogP contribution in [0.4, 0.5) is 5.69 Å². The molecule has 124 valence electrons. The highest BCUT2D eigenvalue weighted by Crippen LogP contribution is 2.28. The molecule has 2 aromatic rings. The first-order chi connectivity index (χ1) is 11.6. The topological polar surface area (TPSA) is 95.4 Å². The van der Waals surface area contributed by atoms with E-state index < -0.39 is 5.97 Å². The van der Waals surface area contributed by atoms with Crippen molar-refractivity contribution in [3.8, 4) is 0 Å². The number of hydrogen-bond donors (Lipinski definition) is 2. The third-order valence-electron chi connectivity index (χ3n) is 4.02. The van der Waals surface area contributed by atoms with E-state index in [0.29, 0.717) is 35.6 Å². The van der Waals surface area contributed by atoms with Gasteiger partial charge in [0.2, 0.25) is 0 Å². The summed E-state index contributed by atoms with van der Waals surface area (Å²) in [6, 6.07) is 8.81. The second-order valence-electron chi connectivity index (χ2n) is 5.59. The molecule has 1 aliphatic heterocycles. The van der Waals surface area contributed by atoms with Gasteiger partial charge >= 0.3 is 5.97 Å². The number of piperazine rings is 1. The standard InChI is InChI=1S/C17H18N4O3/c1-11-13(16(22)12-5-3-2-4-6-12)15(14(17(23)24)20-19-11)21-9-7-18-8-10-21/h2-6,18H,7-10H2,1H3,(H,23,24). The Hall–Kier alpha value is -2.80. The van der Waals surface area contributed by atoms with Gasteiger partial charge in [0.15, 0.2) is 11.5 Å². The molecule has 7 nitrogen and oxygen atoms in total. The van der Waals surface area contributed by atoms with Gasteiger partial charge in [-0.3, -0.25) is 4.79 Å². The minimum atomic E-state index is -1.18. The predicted octanol–water partition coefficient (Wildman–Crippen LogP) is 1.12. The first kappa shape index (κ1) is 16.1. The van der Waals surface area contributed by atoms with Gasteiger partial charge in [-0.2, -0.15) is 5.10 Å². The third-order valence-corrected chi connectivity index (χ3v) is 4.02. The molecule has 1 fully saturated rings. The van der Waals surface area contributed by atoms with Crippen molar-refractivity contribution in [1.82, 2.24) is 15.5 Å². The van der Waals surface area contributed by atoms with Gasteiger partial charge < -0.3 is 15.3 Å². The maximum atomic E-state index is 13.0. The molecule has 0 spiro atoms.